The van der Waals surface area contributed by atoms with Crippen LogP contribution in [0.25, 0.3) is 0 Å². The molecular formula is C48H58FN7O10. The van der Waals surface area contributed by atoms with E-state index in [4.69, 9.17) is 18.9 Å². The predicted molar refractivity (Wildman–Crippen MR) is 240 cm³/mol. The number of nitrogens with zero attached hydrogens (tertiary/aromatic N) is 3. The minimum Gasteiger partial charge on any atom is -0.453 e. The van der Waals surface area contributed by atoms with Gasteiger partial charge in [-0.2, -0.15) is 0 Å². The molecule has 3 aromatic carbocycles. The zero-order valence-corrected chi connectivity index (χ0v) is 37.2. The highest BCUT2D eigenvalue weighted by atomic mass is 19.1. The van der Waals surface area contributed by atoms with Crippen molar-refractivity contribution in [2.45, 2.75) is 87.6 Å². The number of ether oxygens (including phenoxy) is 4. The Kier molecular flexibility index (Phi) is 14.7. The van der Waals surface area contributed by atoms with Gasteiger partial charge in [-0.15, -0.1) is 0 Å². The van der Waals surface area contributed by atoms with Crippen LogP contribution in [0.15, 0.2) is 72.8 Å². The van der Waals surface area contributed by atoms with Crippen molar-refractivity contribution < 1.29 is 52.1 Å². The Morgan fingerprint density at radius 1 is 0.591 bits per heavy atom. The zero-order valence-electron chi connectivity index (χ0n) is 37.2. The number of halogens is 1. The molecule has 17 nitrogen and oxygen atoms in total. The zero-order chi connectivity index (χ0) is 46.3. The number of rotatable bonds is 13. The summed E-state index contributed by atoms with van der Waals surface area (Å²) >= 11 is 0. The molecule has 0 radical (unpaired) electrons. The average Bonchev–Trinajstić information content (AvgIpc) is 4.20. The van der Waals surface area contributed by atoms with Crippen LogP contribution in [-0.2, 0) is 38.1 Å². The average molecular weight is 912 g/mol. The summed E-state index contributed by atoms with van der Waals surface area (Å²) in [5, 5.41) is 11.3. The Bertz CT molecular complexity index is 2090. The molecule has 5 saturated heterocycles. The monoisotopic (exact) mass is 911 g/mol. The van der Waals surface area contributed by atoms with Gasteiger partial charge in [0.25, 0.3) is 0 Å². The van der Waals surface area contributed by atoms with Crippen molar-refractivity contribution in [3.05, 3.63) is 89.7 Å². The number of likely N-dealkylation sites (tertiary alicyclic amines) is 2. The molecule has 8 atom stereocenters. The van der Waals surface area contributed by atoms with Crippen LogP contribution in [-0.4, -0.2) is 124 Å². The lowest BCUT2D eigenvalue weighted by Gasteiger charge is -2.33. The van der Waals surface area contributed by atoms with Crippen molar-refractivity contribution in [2.24, 2.45) is 11.8 Å². The van der Waals surface area contributed by atoms with E-state index in [1.807, 2.05) is 48.5 Å². The van der Waals surface area contributed by atoms with E-state index >= 15 is 0 Å². The number of benzene rings is 3. The molecule has 0 spiro atoms. The molecule has 18 heteroatoms. The van der Waals surface area contributed by atoms with Gasteiger partial charge in [-0.3, -0.25) is 19.2 Å². The van der Waals surface area contributed by atoms with Crippen LogP contribution in [0.5, 0.6) is 0 Å². The first kappa shape index (κ1) is 46.3. The Morgan fingerprint density at radius 2 is 1.02 bits per heavy atom. The molecular weight excluding hydrogens is 854 g/mol. The van der Waals surface area contributed by atoms with Crippen LogP contribution in [0.2, 0.25) is 0 Å². The fourth-order valence-corrected chi connectivity index (χ4v) is 10.2. The third-order valence-corrected chi connectivity index (χ3v) is 13.6. The van der Waals surface area contributed by atoms with Crippen molar-refractivity contribution in [3.63, 3.8) is 0 Å². The maximum Gasteiger partial charge on any atom is 0.407 e. The minimum absolute atomic E-state index is 0.0921. The van der Waals surface area contributed by atoms with E-state index in [0.717, 1.165) is 29.7 Å². The minimum atomic E-state index is -0.867. The molecule has 0 bridgehead atoms. The van der Waals surface area contributed by atoms with Gasteiger partial charge in [0, 0.05) is 55.2 Å². The number of methoxy groups -OCH3 is 2. The second-order valence-electron chi connectivity index (χ2n) is 17.6. The lowest BCUT2D eigenvalue weighted by Crippen LogP contribution is -2.55. The summed E-state index contributed by atoms with van der Waals surface area (Å²) in [5.41, 5.74) is 3.98. The van der Waals surface area contributed by atoms with Gasteiger partial charge in [0.05, 0.1) is 39.5 Å². The van der Waals surface area contributed by atoms with E-state index in [-0.39, 0.29) is 53.4 Å². The van der Waals surface area contributed by atoms with Crippen LogP contribution in [0.3, 0.4) is 0 Å². The number of carbonyl (C=O) groups excluding carboxylic acids is 6. The quantitative estimate of drug-likeness (QED) is 0.174. The lowest BCUT2D eigenvalue weighted by atomic mass is 9.97. The molecule has 2 unspecified atom stereocenters. The lowest BCUT2D eigenvalue weighted by molar-refractivity contribution is -0.139. The Labute approximate surface area is 383 Å². The third-order valence-electron chi connectivity index (χ3n) is 13.6. The summed E-state index contributed by atoms with van der Waals surface area (Å²) in [6, 6.07) is 18.3. The highest BCUT2D eigenvalue weighted by Crippen LogP contribution is 2.47. The molecule has 5 aliphatic heterocycles. The maximum atomic E-state index is 14.2. The van der Waals surface area contributed by atoms with Crippen LogP contribution in [0.4, 0.5) is 31.0 Å². The van der Waals surface area contributed by atoms with Crippen molar-refractivity contribution in [3.8, 4) is 0 Å². The molecule has 0 aliphatic carbocycles. The fourth-order valence-electron chi connectivity index (χ4n) is 10.2. The highest BCUT2D eigenvalue weighted by Gasteiger charge is 2.44. The number of carbonyl (C=O) groups is 6. The Hall–Kier alpha value is -6.27. The molecule has 66 heavy (non-hydrogen) atoms. The first-order valence-electron chi connectivity index (χ1n) is 22.8. The van der Waals surface area contributed by atoms with Crippen molar-refractivity contribution in [1.82, 2.24) is 20.4 Å². The van der Waals surface area contributed by atoms with E-state index in [9.17, 15) is 33.2 Å². The van der Waals surface area contributed by atoms with Crippen molar-refractivity contribution >= 4 is 52.9 Å². The summed E-state index contributed by atoms with van der Waals surface area (Å²) < 4.78 is 34.8. The van der Waals surface area contributed by atoms with Gasteiger partial charge >= 0.3 is 12.2 Å². The Balaban J connectivity index is 0.929. The standard InChI is InChI=1S/C48H58FN7O10/c1-63-47(61)52-41(31-21-25-65-27-31)45(59)54-23-3-5-39(54)43(57)50-34-13-7-29(8-14-34)37-19-20-38(56(37)36-17-11-33(49)12-18-36)30-9-15-35(16-10-30)51-44(58)40-6-4-24-55(40)46(60)42(53-48(62)64-2)32-22-26-66-28-32/h7-18,31-32,37-42H,3-6,19-28H2,1-2H3,(H,50,57)(H,51,58)(H,52,61)(H,53,62)/t31-,32-,37-,38-,39-,40-,41?,42?/m0/s1. The van der Waals surface area contributed by atoms with E-state index < -0.39 is 36.4 Å². The van der Waals surface area contributed by atoms with E-state index in [1.165, 1.54) is 26.4 Å². The second kappa shape index (κ2) is 20.9. The fraction of sp³-hybridized carbons (Fsp3) is 0.500. The summed E-state index contributed by atoms with van der Waals surface area (Å²) in [7, 11) is 2.48. The van der Waals surface area contributed by atoms with Crippen LogP contribution < -0.4 is 26.2 Å². The molecule has 5 heterocycles. The number of alkyl carbamates (subject to hydrolysis) is 2. The van der Waals surface area contributed by atoms with Gasteiger partial charge in [0.15, 0.2) is 0 Å². The van der Waals surface area contributed by atoms with Crippen LogP contribution >= 0.6 is 0 Å². The SMILES string of the molecule is COC(=O)NC(C(=O)N1CCC[C@H]1C(=O)Nc1ccc([C@@H]2CC[C@@H](c3ccc(NC(=O)[C@@H]4CCCN4C(=O)C(NC(=O)OC)[C@H]4CCOC4)cc3)N2c2ccc(F)cc2)cc1)[C@H]1CCOC1. The molecule has 3 aromatic rings. The van der Waals surface area contributed by atoms with Gasteiger partial charge < -0.3 is 54.9 Å². The number of amides is 6. The third kappa shape index (κ3) is 10.2. The highest BCUT2D eigenvalue weighted by molar-refractivity contribution is 5.99. The molecule has 0 saturated carbocycles. The molecule has 4 N–H and O–H groups in total. The molecule has 8 rings (SSSR count). The van der Waals surface area contributed by atoms with Crippen LogP contribution in [0.1, 0.15) is 74.6 Å². The van der Waals surface area contributed by atoms with E-state index in [0.29, 0.717) is 89.4 Å². The van der Waals surface area contributed by atoms with Crippen molar-refractivity contribution in [1.29, 1.82) is 0 Å². The van der Waals surface area contributed by atoms with Crippen molar-refractivity contribution in [2.75, 3.05) is 69.3 Å². The van der Waals surface area contributed by atoms with Gasteiger partial charge in [0.2, 0.25) is 23.6 Å². The van der Waals surface area contributed by atoms with Crippen LogP contribution in [0, 0.1) is 17.7 Å². The smallest absolute Gasteiger partial charge is 0.407 e. The largest absolute Gasteiger partial charge is 0.453 e. The summed E-state index contributed by atoms with van der Waals surface area (Å²) in [6.45, 7) is 2.41. The van der Waals surface area contributed by atoms with Gasteiger partial charge in [-0.25, -0.2) is 14.0 Å². The summed E-state index contributed by atoms with van der Waals surface area (Å²) in [5.74, 6) is -2.09. The summed E-state index contributed by atoms with van der Waals surface area (Å²) in [4.78, 5) is 84.8. The molecule has 5 fully saturated rings. The molecule has 352 valence electrons. The molecule has 6 amide bonds. The molecule has 5 aliphatic rings. The topological polar surface area (TPSA) is 197 Å². The first-order valence-corrected chi connectivity index (χ1v) is 22.8. The number of hydrogen-bond acceptors (Lipinski definition) is 11. The maximum absolute atomic E-state index is 14.2. The van der Waals surface area contributed by atoms with Gasteiger partial charge in [-0.05, 0) is 111 Å². The van der Waals surface area contributed by atoms with Gasteiger partial charge in [-0.1, -0.05) is 24.3 Å². The first-order chi connectivity index (χ1) is 32.0. The number of hydrogen-bond donors (Lipinski definition) is 4. The number of anilines is 3. The van der Waals surface area contributed by atoms with Gasteiger partial charge in [0.1, 0.15) is 30.0 Å². The van der Waals surface area contributed by atoms with E-state index in [1.54, 1.807) is 21.9 Å². The number of nitrogens with one attached hydrogen (secondary N) is 4. The molecule has 0 aromatic heterocycles. The predicted octanol–water partition coefficient (Wildman–Crippen LogP) is 5.29. The Morgan fingerprint density at radius 3 is 1.39 bits per heavy atom. The second-order valence-corrected chi connectivity index (χ2v) is 17.6. The normalized spacial score (nSPS) is 24.7. The summed E-state index contributed by atoms with van der Waals surface area (Å²) in [6.07, 6.45) is 3.60. The van der Waals surface area contributed by atoms with E-state index in [2.05, 4.69) is 26.2 Å².